The zero-order valence-corrected chi connectivity index (χ0v) is 17.1. The third-order valence-electron chi connectivity index (χ3n) is 5.13. The number of aliphatic carboxylic acids is 1. The third kappa shape index (κ3) is 3.77. The average molecular weight is 442 g/mol. The average Bonchev–Trinajstić information content (AvgIpc) is 3.29. The van der Waals surface area contributed by atoms with Crippen molar-refractivity contribution in [1.29, 1.82) is 0 Å². The lowest BCUT2D eigenvalue weighted by Crippen LogP contribution is -2.00. The van der Waals surface area contributed by atoms with E-state index in [2.05, 4.69) is 26.5 Å². The van der Waals surface area contributed by atoms with Crippen LogP contribution >= 0.6 is 11.6 Å². The zero-order valence-electron chi connectivity index (χ0n) is 16.4. The molecule has 1 saturated heterocycles. The summed E-state index contributed by atoms with van der Waals surface area (Å²) in [5.41, 5.74) is 4.00. The highest BCUT2D eigenvalue weighted by molar-refractivity contribution is 6.33. The van der Waals surface area contributed by atoms with Gasteiger partial charge in [0.25, 0.3) is 5.89 Å². The molecule has 1 aliphatic heterocycles. The molecule has 1 aliphatic rings. The standard InChI is InChI=1S/C21H17ClFN5O3/c1-10-4-13(16-7-24-16)20-25-17(9-28(20)8-10)21-26-19(27-31-21)12-6-15(23)11(5-14(12)22)2-3-18(29)30/h4-6,8-9,16,24H,2-3,7H2,1H3,(H,29,30). The van der Waals surface area contributed by atoms with Crippen LogP contribution < -0.4 is 5.32 Å². The van der Waals surface area contributed by atoms with Crippen molar-refractivity contribution in [2.75, 3.05) is 6.54 Å². The van der Waals surface area contributed by atoms with E-state index in [-0.39, 0.29) is 46.7 Å². The van der Waals surface area contributed by atoms with Gasteiger partial charge in [-0.25, -0.2) is 9.37 Å². The molecule has 3 aromatic heterocycles. The summed E-state index contributed by atoms with van der Waals surface area (Å²) in [5.74, 6) is -1.26. The van der Waals surface area contributed by atoms with Crippen LogP contribution in [0.3, 0.4) is 0 Å². The molecule has 2 N–H and O–H groups in total. The maximum Gasteiger partial charge on any atom is 0.303 e. The molecule has 4 heterocycles. The largest absolute Gasteiger partial charge is 0.481 e. The molecule has 158 valence electrons. The summed E-state index contributed by atoms with van der Waals surface area (Å²) < 4.78 is 21.7. The first-order chi connectivity index (χ1) is 14.9. The number of nitrogens with one attached hydrogen (secondary N) is 1. The molecular formula is C21H17ClFN5O3. The molecule has 1 fully saturated rings. The highest BCUT2D eigenvalue weighted by Gasteiger charge is 2.27. The Labute approximate surface area is 180 Å². The molecule has 1 atom stereocenters. The fourth-order valence-corrected chi connectivity index (χ4v) is 3.81. The molecular weight excluding hydrogens is 425 g/mol. The number of aromatic nitrogens is 4. The molecule has 8 nitrogen and oxygen atoms in total. The van der Waals surface area contributed by atoms with Crippen molar-refractivity contribution in [2.24, 2.45) is 0 Å². The number of rotatable bonds is 6. The zero-order chi connectivity index (χ0) is 21.7. The van der Waals surface area contributed by atoms with Crippen molar-refractivity contribution in [2.45, 2.75) is 25.8 Å². The van der Waals surface area contributed by atoms with Gasteiger partial charge in [0.05, 0.1) is 5.02 Å². The number of nitrogens with zero attached hydrogens (tertiary/aromatic N) is 4. The topological polar surface area (TPSA) is 115 Å². The van der Waals surface area contributed by atoms with Gasteiger partial charge >= 0.3 is 5.97 Å². The number of carboxylic acids is 1. The van der Waals surface area contributed by atoms with E-state index >= 15 is 0 Å². The molecule has 31 heavy (non-hydrogen) atoms. The van der Waals surface area contributed by atoms with E-state index in [9.17, 15) is 9.18 Å². The first-order valence-electron chi connectivity index (χ1n) is 9.66. The molecule has 0 aliphatic carbocycles. The second-order valence-electron chi connectivity index (χ2n) is 7.53. The summed E-state index contributed by atoms with van der Waals surface area (Å²) in [6.07, 6.45) is 3.63. The minimum Gasteiger partial charge on any atom is -0.481 e. The number of benzene rings is 1. The number of hydrogen-bond acceptors (Lipinski definition) is 6. The maximum atomic E-state index is 14.4. The van der Waals surface area contributed by atoms with Crippen LogP contribution in [0.4, 0.5) is 4.39 Å². The van der Waals surface area contributed by atoms with Gasteiger partial charge in [-0.3, -0.25) is 4.79 Å². The summed E-state index contributed by atoms with van der Waals surface area (Å²) in [7, 11) is 0. The van der Waals surface area contributed by atoms with Crippen LogP contribution in [0.2, 0.25) is 5.02 Å². The van der Waals surface area contributed by atoms with Gasteiger partial charge in [-0.05, 0) is 42.7 Å². The lowest BCUT2D eigenvalue weighted by atomic mass is 10.1. The number of aryl methyl sites for hydroxylation is 2. The quantitative estimate of drug-likeness (QED) is 0.437. The van der Waals surface area contributed by atoms with Crippen LogP contribution in [-0.4, -0.2) is 37.1 Å². The Kier molecular flexibility index (Phi) is 4.71. The Morgan fingerprint density at radius 1 is 1.35 bits per heavy atom. The van der Waals surface area contributed by atoms with Crippen molar-refractivity contribution < 1.29 is 18.8 Å². The number of fused-ring (bicyclic) bond motifs is 1. The highest BCUT2D eigenvalue weighted by Crippen LogP contribution is 2.32. The van der Waals surface area contributed by atoms with Crippen molar-refractivity contribution in [3.05, 3.63) is 58.1 Å². The summed E-state index contributed by atoms with van der Waals surface area (Å²) in [6.45, 7) is 2.94. The molecule has 5 rings (SSSR count). The van der Waals surface area contributed by atoms with E-state index in [1.54, 1.807) is 0 Å². The molecule has 4 aromatic rings. The molecule has 1 unspecified atom stereocenters. The van der Waals surface area contributed by atoms with E-state index in [0.29, 0.717) is 5.69 Å². The minimum absolute atomic E-state index is 0.0392. The molecule has 0 saturated carbocycles. The predicted octanol–water partition coefficient (Wildman–Crippen LogP) is 3.81. The molecule has 10 heteroatoms. The number of imidazole rings is 1. The molecule has 0 radical (unpaired) electrons. The van der Waals surface area contributed by atoms with Crippen molar-refractivity contribution in [3.8, 4) is 23.0 Å². The van der Waals surface area contributed by atoms with Crippen LogP contribution in [0, 0.1) is 12.7 Å². The highest BCUT2D eigenvalue weighted by atomic mass is 35.5. The van der Waals surface area contributed by atoms with E-state index < -0.39 is 11.8 Å². The Balaban J connectivity index is 1.48. The minimum atomic E-state index is -1.01. The van der Waals surface area contributed by atoms with E-state index in [4.69, 9.17) is 21.2 Å². The smallest absolute Gasteiger partial charge is 0.303 e. The Morgan fingerprint density at radius 3 is 2.90 bits per heavy atom. The summed E-state index contributed by atoms with van der Waals surface area (Å²) in [5, 5.41) is 16.2. The van der Waals surface area contributed by atoms with Crippen LogP contribution in [-0.2, 0) is 11.2 Å². The first kappa shape index (κ1) is 19.7. The lowest BCUT2D eigenvalue weighted by Gasteiger charge is -2.05. The first-order valence-corrected chi connectivity index (χ1v) is 10.0. The van der Waals surface area contributed by atoms with Crippen LogP contribution in [0.15, 0.2) is 35.1 Å². The van der Waals surface area contributed by atoms with Gasteiger partial charge in [-0.15, -0.1) is 0 Å². The monoisotopic (exact) mass is 441 g/mol. The fraction of sp³-hybridized carbons (Fsp3) is 0.238. The van der Waals surface area contributed by atoms with Gasteiger partial charge in [0, 0.05) is 42.5 Å². The summed E-state index contributed by atoms with van der Waals surface area (Å²) in [6, 6.07) is 4.98. The number of halogens is 2. The van der Waals surface area contributed by atoms with Gasteiger partial charge in [0.1, 0.15) is 17.2 Å². The second-order valence-corrected chi connectivity index (χ2v) is 7.94. The van der Waals surface area contributed by atoms with Crippen LogP contribution in [0.25, 0.3) is 28.6 Å². The predicted molar refractivity (Wildman–Crippen MR) is 110 cm³/mol. The van der Waals surface area contributed by atoms with E-state index in [0.717, 1.165) is 23.3 Å². The number of carboxylic acid groups (broad SMARTS) is 1. The maximum absolute atomic E-state index is 14.4. The van der Waals surface area contributed by atoms with E-state index in [1.807, 2.05) is 23.7 Å². The van der Waals surface area contributed by atoms with Gasteiger partial charge in [0.15, 0.2) is 0 Å². The van der Waals surface area contributed by atoms with Gasteiger partial charge in [0.2, 0.25) is 5.82 Å². The number of hydrogen-bond donors (Lipinski definition) is 2. The van der Waals surface area contributed by atoms with Crippen molar-refractivity contribution >= 4 is 23.2 Å². The van der Waals surface area contributed by atoms with Gasteiger partial charge in [-0.2, -0.15) is 4.98 Å². The Bertz CT molecular complexity index is 1330. The molecule has 0 bridgehead atoms. The lowest BCUT2D eigenvalue weighted by molar-refractivity contribution is -0.136. The van der Waals surface area contributed by atoms with Crippen LogP contribution in [0.5, 0.6) is 0 Å². The van der Waals surface area contributed by atoms with Gasteiger partial charge in [-0.1, -0.05) is 16.8 Å². The van der Waals surface area contributed by atoms with Gasteiger partial charge < -0.3 is 19.3 Å². The third-order valence-corrected chi connectivity index (χ3v) is 5.44. The number of carbonyl (C=O) groups is 1. The number of pyridine rings is 1. The molecule has 1 aromatic carbocycles. The van der Waals surface area contributed by atoms with Crippen LogP contribution in [0.1, 0.15) is 29.2 Å². The second kappa shape index (κ2) is 7.44. The summed E-state index contributed by atoms with van der Waals surface area (Å²) >= 11 is 6.29. The van der Waals surface area contributed by atoms with E-state index in [1.165, 1.54) is 12.1 Å². The molecule has 0 spiro atoms. The fourth-order valence-electron chi connectivity index (χ4n) is 3.54. The molecule has 0 amide bonds. The SMILES string of the molecule is Cc1cc(C2CN2)c2nc(-c3nc(-c4cc(F)c(CCC(=O)O)cc4Cl)no3)cn2c1. The normalized spacial score (nSPS) is 15.5. The van der Waals surface area contributed by atoms with Crippen molar-refractivity contribution in [1.82, 2.24) is 24.8 Å². The Hall–Kier alpha value is -3.30. The summed E-state index contributed by atoms with van der Waals surface area (Å²) in [4.78, 5) is 19.7. The van der Waals surface area contributed by atoms with Crippen molar-refractivity contribution in [3.63, 3.8) is 0 Å². The Morgan fingerprint density at radius 2 is 2.16 bits per heavy atom.